The normalized spacial score (nSPS) is 11.1. The second-order valence-electron chi connectivity index (χ2n) is 7.57. The van der Waals surface area contributed by atoms with E-state index in [4.69, 9.17) is 16.3 Å². The number of amides is 1. The molecule has 1 aromatic heterocycles. The first kappa shape index (κ1) is 24.5. The van der Waals surface area contributed by atoms with Gasteiger partial charge in [0.2, 0.25) is 0 Å². The van der Waals surface area contributed by atoms with Crippen LogP contribution < -0.4 is 10.2 Å². The summed E-state index contributed by atoms with van der Waals surface area (Å²) in [6.07, 6.45) is 1.62. The molecule has 0 aliphatic carbocycles. The van der Waals surface area contributed by atoms with Crippen LogP contribution in [0.4, 0.5) is 0 Å². The third-order valence-electron chi connectivity index (χ3n) is 4.92. The minimum atomic E-state index is -0.242. The van der Waals surface area contributed by atoms with E-state index in [-0.39, 0.29) is 11.7 Å². The molecular formula is C26H24ClN5O2S. The first-order valence-corrected chi connectivity index (χ1v) is 12.4. The number of nitrogens with one attached hydrogen (secondary N) is 1. The van der Waals surface area contributed by atoms with Gasteiger partial charge >= 0.3 is 0 Å². The number of hydrazone groups is 1. The van der Waals surface area contributed by atoms with Crippen molar-refractivity contribution in [3.05, 3.63) is 88.9 Å². The topological polar surface area (TPSA) is 81.4 Å². The first-order valence-electron chi connectivity index (χ1n) is 11.0. The smallest absolute Gasteiger partial charge is 0.250 e. The monoisotopic (exact) mass is 505 g/mol. The van der Waals surface area contributed by atoms with Gasteiger partial charge in [0.1, 0.15) is 5.75 Å². The molecule has 4 aromatic rings. The van der Waals surface area contributed by atoms with Gasteiger partial charge in [0.15, 0.2) is 11.0 Å². The Morgan fingerprint density at radius 1 is 1.11 bits per heavy atom. The fraction of sp³-hybridized carbons (Fsp3) is 0.154. The van der Waals surface area contributed by atoms with E-state index in [1.165, 1.54) is 11.8 Å². The minimum absolute atomic E-state index is 0.126. The third-order valence-corrected chi connectivity index (χ3v) is 6.10. The summed E-state index contributed by atoms with van der Waals surface area (Å²) in [6, 6.07) is 22.9. The predicted molar refractivity (Wildman–Crippen MR) is 141 cm³/mol. The average molecular weight is 506 g/mol. The van der Waals surface area contributed by atoms with E-state index in [0.717, 1.165) is 28.1 Å². The van der Waals surface area contributed by atoms with E-state index < -0.39 is 0 Å². The summed E-state index contributed by atoms with van der Waals surface area (Å²) in [5, 5.41) is 14.0. The molecule has 3 aromatic carbocycles. The van der Waals surface area contributed by atoms with Crippen LogP contribution in [0.3, 0.4) is 0 Å². The van der Waals surface area contributed by atoms with Crippen LogP contribution >= 0.6 is 23.4 Å². The quantitative estimate of drug-likeness (QED) is 0.183. The van der Waals surface area contributed by atoms with Crippen LogP contribution in [0.25, 0.3) is 17.1 Å². The summed E-state index contributed by atoms with van der Waals surface area (Å²) in [5.74, 6) is 1.30. The Kier molecular flexibility index (Phi) is 8.18. The molecule has 0 saturated heterocycles. The minimum Gasteiger partial charge on any atom is -0.494 e. The maximum absolute atomic E-state index is 12.4. The Balaban J connectivity index is 1.52. The molecule has 0 spiro atoms. The molecular weight excluding hydrogens is 482 g/mol. The van der Waals surface area contributed by atoms with Crippen LogP contribution in [-0.4, -0.2) is 39.2 Å². The summed E-state index contributed by atoms with van der Waals surface area (Å²) in [5.41, 5.74) is 6.32. The molecule has 1 N–H and O–H groups in total. The zero-order valence-corrected chi connectivity index (χ0v) is 20.9. The SMILES string of the molecule is CCOc1ccc(-n2c(SCC(=O)NN=Cc3cccc(C)c3)nnc2-c2ccc(Cl)cc2)cc1. The van der Waals surface area contributed by atoms with E-state index in [0.29, 0.717) is 22.6 Å². The van der Waals surface area contributed by atoms with Gasteiger partial charge in [-0.1, -0.05) is 53.2 Å². The third kappa shape index (κ3) is 6.49. The second-order valence-corrected chi connectivity index (χ2v) is 8.95. The molecule has 9 heteroatoms. The van der Waals surface area contributed by atoms with Gasteiger partial charge in [0.05, 0.1) is 18.6 Å². The zero-order valence-electron chi connectivity index (χ0n) is 19.3. The number of aryl methyl sites for hydroxylation is 1. The first-order chi connectivity index (χ1) is 17.0. The zero-order chi connectivity index (χ0) is 24.6. The highest BCUT2D eigenvalue weighted by molar-refractivity contribution is 7.99. The lowest BCUT2D eigenvalue weighted by molar-refractivity contribution is -0.118. The molecule has 0 atom stereocenters. The van der Waals surface area contributed by atoms with Crippen molar-refractivity contribution in [3.8, 4) is 22.8 Å². The standard InChI is InChI=1S/C26H24ClN5O2S/c1-3-34-23-13-11-22(12-14-23)32-25(20-7-9-21(27)10-8-20)30-31-26(32)35-17-24(33)29-28-16-19-6-4-5-18(2)15-19/h4-16H,3,17H2,1-2H3,(H,29,33). The summed E-state index contributed by atoms with van der Waals surface area (Å²) >= 11 is 7.34. The van der Waals surface area contributed by atoms with Crippen molar-refractivity contribution in [1.29, 1.82) is 0 Å². The Morgan fingerprint density at radius 3 is 2.60 bits per heavy atom. The largest absolute Gasteiger partial charge is 0.494 e. The van der Waals surface area contributed by atoms with Crippen molar-refractivity contribution in [2.45, 2.75) is 19.0 Å². The number of hydrogen-bond acceptors (Lipinski definition) is 6. The maximum Gasteiger partial charge on any atom is 0.250 e. The van der Waals surface area contributed by atoms with Crippen LogP contribution in [-0.2, 0) is 4.79 Å². The van der Waals surface area contributed by atoms with E-state index >= 15 is 0 Å². The lowest BCUT2D eigenvalue weighted by Gasteiger charge is -2.11. The van der Waals surface area contributed by atoms with E-state index in [1.54, 1.807) is 18.3 Å². The lowest BCUT2D eigenvalue weighted by Crippen LogP contribution is -2.20. The van der Waals surface area contributed by atoms with Crippen LogP contribution in [0, 0.1) is 6.92 Å². The van der Waals surface area contributed by atoms with Gasteiger partial charge in [-0.15, -0.1) is 10.2 Å². The van der Waals surface area contributed by atoms with Gasteiger partial charge in [0, 0.05) is 16.3 Å². The molecule has 0 fully saturated rings. The molecule has 0 aliphatic heterocycles. The van der Waals surface area contributed by atoms with Gasteiger partial charge in [-0.2, -0.15) is 5.10 Å². The van der Waals surface area contributed by atoms with Gasteiger partial charge in [0.25, 0.3) is 5.91 Å². The molecule has 1 amide bonds. The van der Waals surface area contributed by atoms with Crippen molar-refractivity contribution in [2.75, 3.05) is 12.4 Å². The molecule has 4 rings (SSSR count). The maximum atomic E-state index is 12.4. The number of rotatable bonds is 9. The van der Waals surface area contributed by atoms with Crippen LogP contribution in [0.15, 0.2) is 83.1 Å². The fourth-order valence-corrected chi connectivity index (χ4v) is 4.20. The van der Waals surface area contributed by atoms with E-state index in [2.05, 4.69) is 20.7 Å². The van der Waals surface area contributed by atoms with Gasteiger partial charge in [-0.3, -0.25) is 9.36 Å². The summed E-state index contributed by atoms with van der Waals surface area (Å²) in [7, 11) is 0. The summed E-state index contributed by atoms with van der Waals surface area (Å²) in [6.45, 7) is 4.53. The van der Waals surface area contributed by atoms with E-state index in [1.807, 2.05) is 79.1 Å². The molecule has 7 nitrogen and oxygen atoms in total. The number of hydrogen-bond donors (Lipinski definition) is 1. The highest BCUT2D eigenvalue weighted by Crippen LogP contribution is 2.29. The number of thioether (sulfide) groups is 1. The summed E-state index contributed by atoms with van der Waals surface area (Å²) < 4.78 is 7.47. The Hall–Kier alpha value is -3.62. The molecule has 1 heterocycles. The van der Waals surface area contributed by atoms with Gasteiger partial charge in [-0.05, 0) is 67.9 Å². The number of ether oxygens (including phenoxy) is 1. The molecule has 178 valence electrons. The number of benzene rings is 3. The highest BCUT2D eigenvalue weighted by Gasteiger charge is 2.17. The number of halogens is 1. The molecule has 0 aliphatic rings. The van der Waals surface area contributed by atoms with Crippen LogP contribution in [0.2, 0.25) is 5.02 Å². The van der Waals surface area contributed by atoms with Gasteiger partial charge in [-0.25, -0.2) is 5.43 Å². The molecule has 0 saturated carbocycles. The predicted octanol–water partition coefficient (Wildman–Crippen LogP) is 5.54. The number of nitrogens with zero attached hydrogens (tertiary/aromatic N) is 4. The summed E-state index contributed by atoms with van der Waals surface area (Å²) in [4.78, 5) is 12.4. The highest BCUT2D eigenvalue weighted by atomic mass is 35.5. The fourth-order valence-electron chi connectivity index (χ4n) is 3.33. The van der Waals surface area contributed by atoms with Crippen LogP contribution in [0.5, 0.6) is 5.75 Å². The Bertz CT molecular complexity index is 1320. The van der Waals surface area contributed by atoms with E-state index in [9.17, 15) is 4.79 Å². The second kappa shape index (κ2) is 11.7. The molecule has 0 unspecified atom stereocenters. The Morgan fingerprint density at radius 2 is 1.89 bits per heavy atom. The molecule has 35 heavy (non-hydrogen) atoms. The van der Waals surface area contributed by atoms with Crippen LogP contribution in [0.1, 0.15) is 18.1 Å². The number of aromatic nitrogens is 3. The van der Waals surface area contributed by atoms with Gasteiger partial charge < -0.3 is 4.74 Å². The number of carbonyl (C=O) groups is 1. The number of carbonyl (C=O) groups excluding carboxylic acids is 1. The molecule has 0 bridgehead atoms. The molecule has 0 radical (unpaired) electrons. The average Bonchev–Trinajstić information content (AvgIpc) is 3.28. The Labute approximate surface area is 213 Å². The van der Waals surface area contributed by atoms with Crippen molar-refractivity contribution < 1.29 is 9.53 Å². The van der Waals surface area contributed by atoms with Crippen molar-refractivity contribution >= 4 is 35.5 Å². The lowest BCUT2D eigenvalue weighted by atomic mass is 10.2. The van der Waals surface area contributed by atoms with Crippen molar-refractivity contribution in [3.63, 3.8) is 0 Å². The van der Waals surface area contributed by atoms with Crippen molar-refractivity contribution in [1.82, 2.24) is 20.2 Å². The van der Waals surface area contributed by atoms with Crippen molar-refractivity contribution in [2.24, 2.45) is 5.10 Å².